The fraction of sp³-hybridized carbons (Fsp3) is 0.667. The Labute approximate surface area is 186 Å². The lowest BCUT2D eigenvalue weighted by Crippen LogP contribution is -2.38. The Bertz CT molecular complexity index is 534. The molecule has 6 nitrogen and oxygen atoms in total. The summed E-state index contributed by atoms with van der Waals surface area (Å²) in [6.07, 6.45) is 3.54. The molecule has 160 valence electrons. The molecule has 1 aliphatic rings. The summed E-state index contributed by atoms with van der Waals surface area (Å²) in [6, 6.07) is 8.43. The van der Waals surface area contributed by atoms with Crippen LogP contribution in [-0.4, -0.2) is 51.6 Å². The summed E-state index contributed by atoms with van der Waals surface area (Å²) >= 11 is 0. The molecular formula is C21H36IN3O3. The summed E-state index contributed by atoms with van der Waals surface area (Å²) < 4.78 is 16.7. The summed E-state index contributed by atoms with van der Waals surface area (Å²) in [5.74, 6) is 0.843. The third kappa shape index (κ3) is 10.6. The van der Waals surface area contributed by atoms with Crippen molar-refractivity contribution >= 4 is 29.9 Å². The maximum atomic E-state index is 5.69. The van der Waals surface area contributed by atoms with Crippen LogP contribution in [0.3, 0.4) is 0 Å². The molecule has 0 aromatic heterocycles. The van der Waals surface area contributed by atoms with Crippen LogP contribution in [0.25, 0.3) is 0 Å². The van der Waals surface area contributed by atoms with Crippen LogP contribution in [0.4, 0.5) is 0 Å². The molecule has 1 aromatic rings. The smallest absolute Gasteiger partial charge is 0.191 e. The molecule has 0 radical (unpaired) electrons. The number of hydrogen-bond acceptors (Lipinski definition) is 4. The molecule has 1 heterocycles. The van der Waals surface area contributed by atoms with Crippen LogP contribution in [0, 0.1) is 0 Å². The van der Waals surface area contributed by atoms with Gasteiger partial charge in [0.15, 0.2) is 5.96 Å². The number of halogens is 1. The van der Waals surface area contributed by atoms with E-state index >= 15 is 0 Å². The molecule has 28 heavy (non-hydrogen) atoms. The molecule has 1 fully saturated rings. The monoisotopic (exact) mass is 505 g/mol. The molecule has 0 amide bonds. The number of rotatable bonds is 12. The van der Waals surface area contributed by atoms with Crippen molar-refractivity contribution in [2.45, 2.75) is 52.4 Å². The molecule has 1 saturated heterocycles. The molecular weight excluding hydrogens is 469 g/mol. The second kappa shape index (κ2) is 16.0. The molecule has 1 aliphatic heterocycles. The van der Waals surface area contributed by atoms with Crippen molar-refractivity contribution in [1.82, 2.24) is 10.6 Å². The van der Waals surface area contributed by atoms with Gasteiger partial charge in [0.2, 0.25) is 0 Å². The highest BCUT2D eigenvalue weighted by atomic mass is 127. The molecule has 2 N–H and O–H groups in total. The van der Waals surface area contributed by atoms with E-state index in [0.717, 1.165) is 58.1 Å². The second-order valence-corrected chi connectivity index (χ2v) is 6.64. The minimum absolute atomic E-state index is 0. The highest BCUT2D eigenvalue weighted by molar-refractivity contribution is 14.0. The molecule has 1 unspecified atom stereocenters. The van der Waals surface area contributed by atoms with Gasteiger partial charge in [-0.1, -0.05) is 24.3 Å². The Morgan fingerprint density at radius 2 is 1.93 bits per heavy atom. The van der Waals surface area contributed by atoms with Gasteiger partial charge in [-0.25, -0.2) is 4.99 Å². The van der Waals surface area contributed by atoms with Crippen LogP contribution >= 0.6 is 24.0 Å². The van der Waals surface area contributed by atoms with Gasteiger partial charge in [-0.15, -0.1) is 24.0 Å². The average Bonchev–Trinajstić information content (AvgIpc) is 3.21. The van der Waals surface area contributed by atoms with Crippen molar-refractivity contribution < 1.29 is 14.2 Å². The number of nitrogens with zero attached hydrogens (tertiary/aromatic N) is 1. The van der Waals surface area contributed by atoms with Crippen LogP contribution in [-0.2, 0) is 27.4 Å². The Kier molecular flexibility index (Phi) is 14.3. The van der Waals surface area contributed by atoms with Gasteiger partial charge in [-0.05, 0) is 44.2 Å². The quantitative estimate of drug-likeness (QED) is 0.197. The van der Waals surface area contributed by atoms with Gasteiger partial charge in [0.1, 0.15) is 0 Å². The summed E-state index contributed by atoms with van der Waals surface area (Å²) in [5.41, 5.74) is 2.38. The first-order chi connectivity index (χ1) is 13.3. The van der Waals surface area contributed by atoms with Crippen LogP contribution in [0.5, 0.6) is 0 Å². The molecule has 0 aliphatic carbocycles. The lowest BCUT2D eigenvalue weighted by atomic mass is 10.1. The van der Waals surface area contributed by atoms with Gasteiger partial charge in [0.05, 0.1) is 25.9 Å². The summed E-state index contributed by atoms with van der Waals surface area (Å²) in [7, 11) is 0. The number of hydrogen-bond donors (Lipinski definition) is 2. The zero-order chi connectivity index (χ0) is 19.2. The Hall–Kier alpha value is -0.900. The third-order valence-corrected chi connectivity index (χ3v) is 4.35. The zero-order valence-electron chi connectivity index (χ0n) is 17.2. The van der Waals surface area contributed by atoms with E-state index in [0.29, 0.717) is 25.9 Å². The van der Waals surface area contributed by atoms with Gasteiger partial charge in [-0.3, -0.25) is 0 Å². The highest BCUT2D eigenvalue weighted by Crippen LogP contribution is 2.11. The van der Waals surface area contributed by atoms with Gasteiger partial charge in [-0.2, -0.15) is 0 Å². The van der Waals surface area contributed by atoms with E-state index < -0.39 is 0 Å². The first kappa shape index (κ1) is 25.1. The lowest BCUT2D eigenvalue weighted by molar-refractivity contribution is 0.0168. The molecule has 7 heteroatoms. The molecule has 1 aromatic carbocycles. The normalized spacial score (nSPS) is 16.6. The molecule has 2 rings (SSSR count). The molecule has 1 atom stereocenters. The highest BCUT2D eigenvalue weighted by Gasteiger charge is 2.14. The number of aliphatic imine (C=N–C) groups is 1. The minimum atomic E-state index is 0. The van der Waals surface area contributed by atoms with Crippen molar-refractivity contribution in [3.05, 3.63) is 35.4 Å². The molecule has 0 spiro atoms. The number of ether oxygens (including phenoxy) is 3. The van der Waals surface area contributed by atoms with E-state index in [1.165, 1.54) is 11.1 Å². The Balaban J connectivity index is 0.00000392. The van der Waals surface area contributed by atoms with Crippen LogP contribution < -0.4 is 10.6 Å². The minimum Gasteiger partial charge on any atom is -0.379 e. The second-order valence-electron chi connectivity index (χ2n) is 6.64. The van der Waals surface area contributed by atoms with Gasteiger partial charge in [0, 0.05) is 32.9 Å². The van der Waals surface area contributed by atoms with Gasteiger partial charge >= 0.3 is 0 Å². The van der Waals surface area contributed by atoms with Crippen molar-refractivity contribution in [3.8, 4) is 0 Å². The van der Waals surface area contributed by atoms with E-state index in [1.54, 1.807) is 0 Å². The van der Waals surface area contributed by atoms with E-state index in [9.17, 15) is 0 Å². The number of nitrogens with one attached hydrogen (secondary N) is 2. The Morgan fingerprint density at radius 3 is 2.61 bits per heavy atom. The van der Waals surface area contributed by atoms with E-state index in [2.05, 4.69) is 46.8 Å². The standard InChI is InChI=1S/C21H35N3O3.HI/c1-3-22-21(23-12-6-13-26-17-20-7-5-14-27-20)24-15-18-8-10-19(11-9-18)16-25-4-2;/h8-11,20H,3-7,12-17H2,1-2H3,(H2,22,23,24);1H. The average molecular weight is 505 g/mol. The fourth-order valence-corrected chi connectivity index (χ4v) is 2.84. The van der Waals surface area contributed by atoms with Gasteiger partial charge in [0.25, 0.3) is 0 Å². The largest absolute Gasteiger partial charge is 0.379 e. The van der Waals surface area contributed by atoms with Crippen LogP contribution in [0.15, 0.2) is 29.3 Å². The number of guanidine groups is 1. The first-order valence-electron chi connectivity index (χ1n) is 10.2. The van der Waals surface area contributed by atoms with Crippen molar-refractivity contribution in [3.63, 3.8) is 0 Å². The van der Waals surface area contributed by atoms with Crippen LogP contribution in [0.2, 0.25) is 0 Å². The van der Waals surface area contributed by atoms with Crippen LogP contribution in [0.1, 0.15) is 44.2 Å². The predicted octanol–water partition coefficient (Wildman–Crippen LogP) is 3.48. The lowest BCUT2D eigenvalue weighted by Gasteiger charge is -2.13. The van der Waals surface area contributed by atoms with Crippen molar-refractivity contribution in [1.29, 1.82) is 0 Å². The molecule has 0 saturated carbocycles. The first-order valence-corrected chi connectivity index (χ1v) is 10.2. The predicted molar refractivity (Wildman–Crippen MR) is 124 cm³/mol. The fourth-order valence-electron chi connectivity index (χ4n) is 2.84. The maximum Gasteiger partial charge on any atom is 0.191 e. The topological polar surface area (TPSA) is 64.1 Å². The zero-order valence-corrected chi connectivity index (χ0v) is 19.6. The summed E-state index contributed by atoms with van der Waals surface area (Å²) in [6.45, 7) is 10.2. The van der Waals surface area contributed by atoms with Crippen molar-refractivity contribution in [2.75, 3.05) is 39.5 Å². The summed E-state index contributed by atoms with van der Waals surface area (Å²) in [5, 5.41) is 6.65. The maximum absolute atomic E-state index is 5.69. The summed E-state index contributed by atoms with van der Waals surface area (Å²) in [4.78, 5) is 4.66. The number of benzene rings is 1. The van der Waals surface area contributed by atoms with E-state index in [1.807, 2.05) is 6.92 Å². The molecule has 0 bridgehead atoms. The van der Waals surface area contributed by atoms with E-state index in [4.69, 9.17) is 14.2 Å². The van der Waals surface area contributed by atoms with Crippen molar-refractivity contribution in [2.24, 2.45) is 4.99 Å². The SMILES string of the molecule is CCNC(=NCc1ccc(COCC)cc1)NCCCOCC1CCCO1.I. The van der Waals surface area contributed by atoms with Gasteiger partial charge < -0.3 is 24.8 Å². The third-order valence-electron chi connectivity index (χ3n) is 4.35. The Morgan fingerprint density at radius 1 is 1.14 bits per heavy atom. The van der Waals surface area contributed by atoms with E-state index in [-0.39, 0.29) is 24.0 Å².